The number of likely N-dealkylation sites (tertiary alicyclic amines) is 1. The fraction of sp³-hybridized carbons (Fsp3) is 0.613. The van der Waals surface area contributed by atoms with Crippen LogP contribution in [-0.4, -0.2) is 91.1 Å². The summed E-state index contributed by atoms with van der Waals surface area (Å²) in [4.78, 5) is 52.0. The molecule has 0 amide bonds. The maximum absolute atomic E-state index is 13.2. The Morgan fingerprint density at radius 1 is 1.19 bits per heavy atom. The molecule has 43 heavy (non-hydrogen) atoms. The molecular weight excluding hydrogens is 562 g/mol. The Kier molecular flexibility index (Phi) is 8.45. The van der Waals surface area contributed by atoms with Crippen molar-refractivity contribution >= 4 is 23.9 Å². The Bertz CT molecular complexity index is 1340. The van der Waals surface area contributed by atoms with Gasteiger partial charge in [-0.15, -0.1) is 0 Å². The van der Waals surface area contributed by atoms with Crippen molar-refractivity contribution in [3.63, 3.8) is 0 Å². The van der Waals surface area contributed by atoms with E-state index in [1.54, 1.807) is 13.2 Å². The summed E-state index contributed by atoms with van der Waals surface area (Å²) in [5.41, 5.74) is -0.101. The van der Waals surface area contributed by atoms with Crippen molar-refractivity contribution in [3.05, 3.63) is 35.1 Å². The quantitative estimate of drug-likeness (QED) is 0.225. The van der Waals surface area contributed by atoms with E-state index in [1.165, 1.54) is 6.92 Å². The molecule has 12 nitrogen and oxygen atoms in total. The van der Waals surface area contributed by atoms with Gasteiger partial charge in [0.15, 0.2) is 23.7 Å². The van der Waals surface area contributed by atoms with Gasteiger partial charge >= 0.3 is 23.9 Å². The van der Waals surface area contributed by atoms with Crippen LogP contribution in [0.5, 0.6) is 11.5 Å². The largest absolute Gasteiger partial charge is 0.493 e. The normalized spacial score (nSPS) is 27.9. The molecule has 1 aromatic carbocycles. The van der Waals surface area contributed by atoms with E-state index in [2.05, 4.69) is 4.90 Å². The van der Waals surface area contributed by atoms with E-state index in [1.807, 2.05) is 26.1 Å². The minimum atomic E-state index is -1.58. The molecule has 6 atom stereocenters. The first-order valence-corrected chi connectivity index (χ1v) is 14.7. The number of hydrogen-bond acceptors (Lipinski definition) is 12. The Morgan fingerprint density at radius 2 is 1.95 bits per heavy atom. The van der Waals surface area contributed by atoms with E-state index >= 15 is 0 Å². The van der Waals surface area contributed by atoms with Gasteiger partial charge in [0.25, 0.3) is 0 Å². The second-order valence-electron chi connectivity index (χ2n) is 11.7. The summed E-state index contributed by atoms with van der Waals surface area (Å²) in [6.45, 7) is 5.22. The van der Waals surface area contributed by atoms with Crippen LogP contribution in [0.25, 0.3) is 0 Å². The summed E-state index contributed by atoms with van der Waals surface area (Å²) >= 11 is 0. The highest BCUT2D eigenvalue weighted by molar-refractivity contribution is 5.86. The minimum Gasteiger partial charge on any atom is -0.493 e. The average molecular weight is 602 g/mol. The van der Waals surface area contributed by atoms with E-state index < -0.39 is 59.6 Å². The van der Waals surface area contributed by atoms with Crippen molar-refractivity contribution in [2.24, 2.45) is 0 Å². The second-order valence-corrected chi connectivity index (χ2v) is 11.7. The fourth-order valence-corrected chi connectivity index (χ4v) is 7.00. The van der Waals surface area contributed by atoms with Gasteiger partial charge < -0.3 is 38.4 Å². The lowest BCUT2D eigenvalue weighted by Gasteiger charge is -2.61. The molecule has 1 fully saturated rings. The number of methoxy groups -OCH3 is 1. The molecule has 0 unspecified atom stereocenters. The Hall–Kier alpha value is -3.64. The van der Waals surface area contributed by atoms with Crippen molar-refractivity contribution in [3.8, 4) is 11.5 Å². The van der Waals surface area contributed by atoms with Gasteiger partial charge in [0.1, 0.15) is 5.76 Å². The lowest BCUT2D eigenvalue weighted by molar-refractivity contribution is -0.181. The van der Waals surface area contributed by atoms with Crippen LogP contribution in [0.15, 0.2) is 24.0 Å². The number of carbonyl (C=O) groups excluding carboxylic acids is 4. The molecule has 1 aromatic rings. The molecule has 234 valence electrons. The lowest BCUT2D eigenvalue weighted by Crippen LogP contribution is -2.74. The molecular formula is C31H39NO11. The number of aliphatic hydroxyl groups is 1. The van der Waals surface area contributed by atoms with Crippen LogP contribution in [-0.2, 0) is 50.0 Å². The third-order valence-electron chi connectivity index (χ3n) is 9.09. The first-order valence-electron chi connectivity index (χ1n) is 14.7. The minimum absolute atomic E-state index is 0.167. The number of benzene rings is 1. The number of rotatable bonds is 11. The lowest BCUT2D eigenvalue weighted by atomic mass is 9.50. The first-order chi connectivity index (χ1) is 20.5. The van der Waals surface area contributed by atoms with E-state index in [0.717, 1.165) is 24.5 Å². The number of hydrogen-bond donors (Lipinski definition) is 1. The number of ether oxygens (including phenoxy) is 6. The number of esters is 4. The number of likely N-dealkylation sites (N-methyl/N-ethyl adjacent to an activating group) is 1. The third kappa shape index (κ3) is 5.14. The zero-order valence-corrected chi connectivity index (χ0v) is 25.2. The van der Waals surface area contributed by atoms with Gasteiger partial charge in [0, 0.05) is 24.9 Å². The van der Waals surface area contributed by atoms with Crippen LogP contribution in [0.4, 0.5) is 0 Å². The Labute approximate surface area is 250 Å². The van der Waals surface area contributed by atoms with Crippen molar-refractivity contribution in [2.45, 2.75) is 94.7 Å². The fourth-order valence-electron chi connectivity index (χ4n) is 7.00. The number of unbranched alkanes of at least 4 members (excludes halogenated alkanes) is 1. The molecule has 2 aliphatic carbocycles. The van der Waals surface area contributed by atoms with E-state index in [0.29, 0.717) is 37.3 Å². The maximum atomic E-state index is 13.2. The third-order valence-corrected chi connectivity index (χ3v) is 9.09. The van der Waals surface area contributed by atoms with Gasteiger partial charge in [0.05, 0.1) is 31.2 Å². The smallest absolute Gasteiger partial charge is 0.352 e. The number of carbonyl (C=O) groups is 4. The second kappa shape index (κ2) is 11.8. The topological polar surface area (TPSA) is 147 Å². The molecule has 2 aliphatic heterocycles. The van der Waals surface area contributed by atoms with E-state index in [9.17, 15) is 24.3 Å². The molecule has 12 heteroatoms. The van der Waals surface area contributed by atoms with Crippen LogP contribution in [0.2, 0.25) is 0 Å². The molecule has 4 aliphatic rings. The maximum Gasteiger partial charge on any atom is 0.352 e. The van der Waals surface area contributed by atoms with E-state index in [-0.39, 0.29) is 24.8 Å². The Balaban J connectivity index is 1.34. The number of piperidine rings is 1. The summed E-state index contributed by atoms with van der Waals surface area (Å²) in [5, 5.41) is 12.3. The van der Waals surface area contributed by atoms with Crippen molar-refractivity contribution in [1.29, 1.82) is 0 Å². The summed E-state index contributed by atoms with van der Waals surface area (Å²) in [5.74, 6) is -2.23. The standard InChI is InChI=1S/C31H39NO11/c1-6-7-14-39-24(34)16-22(41-18(3)33)29(36)40-17(2)28(35)42-21-10-11-31(37)23-15-19-8-9-20(38-5)26-25(19)30(31,27(21)43-26)12-13-32(23)4/h8-10,17,22-23,27,37H,6-7,11-16H2,1-5H3/t17-,22-,23+,27-,30-,31+/m0/s1. The van der Waals surface area contributed by atoms with Gasteiger partial charge in [-0.1, -0.05) is 19.4 Å². The molecule has 2 heterocycles. The molecule has 0 aromatic heterocycles. The van der Waals surface area contributed by atoms with Gasteiger partial charge in [0.2, 0.25) is 6.10 Å². The van der Waals surface area contributed by atoms with Gasteiger partial charge in [-0.2, -0.15) is 0 Å². The summed E-state index contributed by atoms with van der Waals surface area (Å²) in [6.07, 6.45) is 0.192. The zero-order chi connectivity index (χ0) is 31.1. The van der Waals surface area contributed by atoms with E-state index in [4.69, 9.17) is 28.4 Å². The van der Waals surface area contributed by atoms with Crippen LogP contribution in [0.3, 0.4) is 0 Å². The highest BCUT2D eigenvalue weighted by Gasteiger charge is 2.72. The average Bonchev–Trinajstić information content (AvgIpc) is 3.31. The van der Waals surface area contributed by atoms with Crippen molar-refractivity contribution < 1.29 is 52.7 Å². The highest BCUT2D eigenvalue weighted by Crippen LogP contribution is 2.65. The molecule has 2 bridgehead atoms. The summed E-state index contributed by atoms with van der Waals surface area (Å²) in [7, 11) is 3.55. The zero-order valence-electron chi connectivity index (χ0n) is 25.2. The van der Waals surface area contributed by atoms with Crippen LogP contribution in [0.1, 0.15) is 64.0 Å². The van der Waals surface area contributed by atoms with Crippen LogP contribution < -0.4 is 9.47 Å². The van der Waals surface area contributed by atoms with Crippen molar-refractivity contribution in [2.75, 3.05) is 27.3 Å². The summed E-state index contributed by atoms with van der Waals surface area (Å²) < 4.78 is 33.2. The predicted octanol–water partition coefficient (Wildman–Crippen LogP) is 2.11. The first kappa shape index (κ1) is 30.8. The van der Waals surface area contributed by atoms with Gasteiger partial charge in [-0.05, 0) is 57.5 Å². The Morgan fingerprint density at radius 3 is 2.65 bits per heavy atom. The van der Waals surface area contributed by atoms with Gasteiger partial charge in [-0.25, -0.2) is 9.59 Å². The summed E-state index contributed by atoms with van der Waals surface area (Å²) in [6, 6.07) is 3.68. The molecule has 1 saturated heterocycles. The molecule has 0 saturated carbocycles. The SMILES string of the molecule is CCCCOC(=O)C[C@H](OC(C)=O)C(=O)O[C@@H](C)C(=O)OC1=CC[C@@]2(O)[C@H]3Cc4ccc(OC)c5c4[C@@]2(CCN3C)[C@H]1O5. The van der Waals surface area contributed by atoms with Crippen LogP contribution in [0, 0.1) is 0 Å². The highest BCUT2D eigenvalue weighted by atomic mass is 16.6. The monoisotopic (exact) mass is 601 g/mol. The molecule has 0 radical (unpaired) electrons. The molecule has 1 N–H and O–H groups in total. The van der Waals surface area contributed by atoms with Crippen molar-refractivity contribution in [1.82, 2.24) is 4.90 Å². The molecule has 1 spiro atoms. The molecule has 5 rings (SSSR count). The number of nitrogens with zero attached hydrogens (tertiary/aromatic N) is 1. The van der Waals surface area contributed by atoms with Crippen LogP contribution >= 0.6 is 0 Å². The predicted molar refractivity (Wildman–Crippen MR) is 149 cm³/mol. The van der Waals surface area contributed by atoms with Gasteiger partial charge in [-0.3, -0.25) is 9.59 Å².